The Morgan fingerprint density at radius 1 is 1.05 bits per heavy atom. The zero-order valence-electron chi connectivity index (χ0n) is 13.4. The van der Waals surface area contributed by atoms with Crippen LogP contribution in [0.3, 0.4) is 0 Å². The summed E-state index contributed by atoms with van der Waals surface area (Å²) in [6.45, 7) is 7.22. The Labute approximate surface area is 130 Å². The molecule has 1 atom stereocenters. The lowest BCUT2D eigenvalue weighted by Crippen LogP contribution is -2.16. The Kier molecular flexibility index (Phi) is 4.30. The van der Waals surface area contributed by atoms with Crippen molar-refractivity contribution in [3.63, 3.8) is 0 Å². The Morgan fingerprint density at radius 2 is 1.76 bits per heavy atom. The highest BCUT2D eigenvalue weighted by Gasteiger charge is 2.30. The third-order valence-corrected chi connectivity index (χ3v) is 6.53. The lowest BCUT2D eigenvalue weighted by molar-refractivity contribution is 0.771. The van der Waals surface area contributed by atoms with Gasteiger partial charge in [0.1, 0.15) is 0 Å². The lowest BCUT2D eigenvalue weighted by atomic mass is 9.93. The summed E-state index contributed by atoms with van der Waals surface area (Å²) < 4.78 is 0. The van der Waals surface area contributed by atoms with Gasteiger partial charge in [0, 0.05) is 5.92 Å². The molecule has 3 rings (SSSR count). The zero-order valence-corrected chi connectivity index (χ0v) is 14.4. The molecule has 0 fully saturated rings. The van der Waals surface area contributed by atoms with Crippen LogP contribution < -0.4 is 0 Å². The molecule has 0 bridgehead atoms. The molecule has 1 heteroatoms. The third-order valence-electron chi connectivity index (χ3n) is 4.69. The monoisotopic (exact) mass is 293 g/mol. The second kappa shape index (κ2) is 6.19. The van der Waals surface area contributed by atoms with Gasteiger partial charge in [0.05, 0.1) is 8.80 Å². The number of unbranched alkanes of at least 4 members (excludes halogenated alkanes) is 1. The van der Waals surface area contributed by atoms with E-state index in [-0.39, 0.29) is 8.80 Å². The molecule has 1 aromatic rings. The maximum atomic E-state index is 2.53. The molecule has 0 saturated heterocycles. The number of fused-ring (bicyclic) bond motifs is 1. The molecular formula is C20H25Si. The van der Waals surface area contributed by atoms with Gasteiger partial charge in [0.25, 0.3) is 0 Å². The topological polar surface area (TPSA) is 0 Å². The van der Waals surface area contributed by atoms with Gasteiger partial charge in [-0.2, -0.15) is 0 Å². The highest BCUT2D eigenvalue weighted by atomic mass is 28.3. The molecular weight excluding hydrogens is 268 g/mol. The van der Waals surface area contributed by atoms with Crippen molar-refractivity contribution in [1.82, 2.24) is 0 Å². The van der Waals surface area contributed by atoms with E-state index in [2.05, 4.69) is 68.6 Å². The van der Waals surface area contributed by atoms with Crippen LogP contribution in [0.5, 0.6) is 0 Å². The van der Waals surface area contributed by atoms with Crippen LogP contribution in [-0.2, 0) is 0 Å². The van der Waals surface area contributed by atoms with E-state index in [0.29, 0.717) is 5.92 Å². The maximum Gasteiger partial charge on any atom is 0.0552 e. The minimum Gasteiger partial charge on any atom is -0.0732 e. The first kappa shape index (κ1) is 14.6. The molecule has 0 heterocycles. The van der Waals surface area contributed by atoms with Gasteiger partial charge in [0.15, 0.2) is 0 Å². The molecule has 1 radical (unpaired) electrons. The van der Waals surface area contributed by atoms with Crippen molar-refractivity contribution in [2.24, 2.45) is 0 Å². The largest absolute Gasteiger partial charge is 0.0732 e. The van der Waals surface area contributed by atoms with E-state index in [0.717, 1.165) is 5.54 Å². The molecule has 1 unspecified atom stereocenters. The van der Waals surface area contributed by atoms with Gasteiger partial charge in [-0.3, -0.25) is 0 Å². The van der Waals surface area contributed by atoms with Gasteiger partial charge in [-0.1, -0.05) is 80.6 Å². The van der Waals surface area contributed by atoms with Crippen LogP contribution in [0.25, 0.3) is 6.08 Å². The average molecular weight is 294 g/mol. The normalized spacial score (nSPS) is 20.4. The van der Waals surface area contributed by atoms with Crippen molar-refractivity contribution in [3.8, 4) is 0 Å². The summed E-state index contributed by atoms with van der Waals surface area (Å²) in [7, 11) is -0.346. The van der Waals surface area contributed by atoms with Gasteiger partial charge in [-0.05, 0) is 35.1 Å². The van der Waals surface area contributed by atoms with E-state index in [1.165, 1.54) is 30.4 Å². The van der Waals surface area contributed by atoms with Crippen LogP contribution in [-0.4, -0.2) is 8.80 Å². The summed E-state index contributed by atoms with van der Waals surface area (Å²) in [6, 6.07) is 6.96. The summed E-state index contributed by atoms with van der Waals surface area (Å²) in [4.78, 5) is 0. The highest BCUT2D eigenvalue weighted by molar-refractivity contribution is 6.58. The first-order valence-electron chi connectivity index (χ1n) is 8.20. The molecule has 0 nitrogen and oxygen atoms in total. The SMILES string of the molecule is CCCCC1=Cc2c(C3C=CC=C3)cccc2C1[Si](C)C. The van der Waals surface area contributed by atoms with E-state index in [4.69, 9.17) is 0 Å². The second-order valence-corrected chi connectivity index (χ2v) is 9.21. The first-order chi connectivity index (χ1) is 10.2. The van der Waals surface area contributed by atoms with Crippen LogP contribution >= 0.6 is 0 Å². The average Bonchev–Trinajstić information content (AvgIpc) is 3.11. The van der Waals surface area contributed by atoms with E-state index in [9.17, 15) is 0 Å². The summed E-state index contributed by atoms with van der Waals surface area (Å²) in [5.41, 5.74) is 7.06. The minimum atomic E-state index is -0.346. The van der Waals surface area contributed by atoms with Crippen LogP contribution in [0, 0.1) is 0 Å². The van der Waals surface area contributed by atoms with Crippen LogP contribution in [0.4, 0.5) is 0 Å². The molecule has 0 saturated carbocycles. The standard InChI is InChI=1S/C20H25Si/c1-4-5-9-16-14-19-17(15-10-6-7-11-15)12-8-13-18(19)20(16)21(2)3/h6-8,10-15,20H,4-5,9H2,1-3H3. The van der Waals surface area contributed by atoms with E-state index >= 15 is 0 Å². The number of rotatable bonds is 5. The van der Waals surface area contributed by atoms with Crippen molar-refractivity contribution in [2.75, 3.05) is 0 Å². The van der Waals surface area contributed by atoms with E-state index < -0.39 is 0 Å². The van der Waals surface area contributed by atoms with Crippen molar-refractivity contribution >= 4 is 14.9 Å². The zero-order chi connectivity index (χ0) is 14.8. The predicted octanol–water partition coefficient (Wildman–Crippen LogP) is 5.86. The summed E-state index contributed by atoms with van der Waals surface area (Å²) in [5, 5.41) is 0. The highest BCUT2D eigenvalue weighted by Crippen LogP contribution is 2.43. The summed E-state index contributed by atoms with van der Waals surface area (Å²) >= 11 is 0. The molecule has 0 N–H and O–H groups in total. The Balaban J connectivity index is 2.02. The van der Waals surface area contributed by atoms with Gasteiger partial charge < -0.3 is 0 Å². The molecule has 109 valence electrons. The Morgan fingerprint density at radius 3 is 2.43 bits per heavy atom. The van der Waals surface area contributed by atoms with Gasteiger partial charge in [-0.15, -0.1) is 0 Å². The smallest absolute Gasteiger partial charge is 0.0552 e. The molecule has 0 amide bonds. The molecule has 0 aromatic heterocycles. The summed E-state index contributed by atoms with van der Waals surface area (Å²) in [5.74, 6) is 0.478. The molecule has 2 aliphatic carbocycles. The number of allylic oxidation sites excluding steroid dienone is 5. The molecule has 21 heavy (non-hydrogen) atoms. The van der Waals surface area contributed by atoms with Crippen LogP contribution in [0.2, 0.25) is 13.1 Å². The number of benzene rings is 1. The lowest BCUT2D eigenvalue weighted by Gasteiger charge is -2.20. The Bertz CT molecular complexity index is 592. The summed E-state index contributed by atoms with van der Waals surface area (Å²) in [6.07, 6.45) is 15.4. The Hall–Kier alpha value is -1.34. The fraction of sp³-hybridized carbons (Fsp3) is 0.400. The fourth-order valence-electron chi connectivity index (χ4n) is 3.70. The third kappa shape index (κ3) is 2.72. The number of hydrogen-bond acceptors (Lipinski definition) is 0. The van der Waals surface area contributed by atoms with Crippen molar-refractivity contribution in [3.05, 3.63) is 64.8 Å². The predicted molar refractivity (Wildman–Crippen MR) is 95.2 cm³/mol. The van der Waals surface area contributed by atoms with Crippen LogP contribution in [0.1, 0.15) is 54.3 Å². The van der Waals surface area contributed by atoms with E-state index in [1.54, 1.807) is 11.1 Å². The van der Waals surface area contributed by atoms with Crippen molar-refractivity contribution in [2.45, 2.75) is 50.7 Å². The van der Waals surface area contributed by atoms with Gasteiger partial charge >= 0.3 is 0 Å². The van der Waals surface area contributed by atoms with E-state index in [1.807, 2.05) is 0 Å². The molecule has 2 aliphatic rings. The van der Waals surface area contributed by atoms with Gasteiger partial charge in [-0.25, -0.2) is 0 Å². The molecule has 0 spiro atoms. The second-order valence-electron chi connectivity index (χ2n) is 6.48. The van der Waals surface area contributed by atoms with Crippen molar-refractivity contribution < 1.29 is 0 Å². The minimum absolute atomic E-state index is 0.346. The fourth-order valence-corrected chi connectivity index (χ4v) is 5.54. The van der Waals surface area contributed by atoms with Gasteiger partial charge in [0.2, 0.25) is 0 Å². The number of hydrogen-bond donors (Lipinski definition) is 0. The molecule has 1 aromatic carbocycles. The quantitative estimate of drug-likeness (QED) is 0.596. The molecule has 0 aliphatic heterocycles. The first-order valence-corrected chi connectivity index (χ1v) is 10.8. The van der Waals surface area contributed by atoms with Crippen molar-refractivity contribution in [1.29, 1.82) is 0 Å². The van der Waals surface area contributed by atoms with Crippen LogP contribution in [0.15, 0.2) is 48.1 Å². The maximum absolute atomic E-state index is 2.53.